The van der Waals surface area contributed by atoms with Crippen molar-refractivity contribution in [1.82, 2.24) is 20.0 Å². The summed E-state index contributed by atoms with van der Waals surface area (Å²) in [6, 6.07) is 12.6. The smallest absolute Gasteiger partial charge is 0.246 e. The fourth-order valence-electron chi connectivity index (χ4n) is 5.93. The maximum atomic E-state index is 13.7. The molecule has 0 spiro atoms. The highest BCUT2D eigenvalue weighted by Crippen LogP contribution is 2.25. The maximum absolute atomic E-state index is 13.7. The van der Waals surface area contributed by atoms with Crippen LogP contribution in [0.4, 0.5) is 5.69 Å². The number of benzene rings is 2. The molecule has 4 rings (SSSR count). The van der Waals surface area contributed by atoms with Crippen LogP contribution in [0.25, 0.3) is 0 Å². The van der Waals surface area contributed by atoms with Crippen LogP contribution in [-0.4, -0.2) is 90.3 Å². The van der Waals surface area contributed by atoms with E-state index in [4.69, 9.17) is 17.3 Å². The van der Waals surface area contributed by atoms with Crippen LogP contribution in [0.1, 0.15) is 49.3 Å². The van der Waals surface area contributed by atoms with Crippen LogP contribution < -0.4 is 16.4 Å². The number of nitrogens with two attached hydrogens (primary N) is 1. The molecule has 0 radical (unpaired) electrons. The second-order valence-electron chi connectivity index (χ2n) is 11.5. The van der Waals surface area contributed by atoms with Crippen LogP contribution in [-0.2, 0) is 27.3 Å². The zero-order chi connectivity index (χ0) is 30.2. The molecule has 2 heterocycles. The molecule has 2 aromatic rings. The van der Waals surface area contributed by atoms with E-state index in [1.165, 1.54) is 5.56 Å². The highest BCUT2D eigenvalue weighted by atomic mass is 35.5. The predicted molar refractivity (Wildman–Crippen MR) is 167 cm³/mol. The molecule has 0 bridgehead atoms. The summed E-state index contributed by atoms with van der Waals surface area (Å²) in [7, 11) is 2.12. The van der Waals surface area contributed by atoms with E-state index in [9.17, 15) is 14.4 Å². The Hall–Kier alpha value is -2.98. The van der Waals surface area contributed by atoms with Crippen LogP contribution in [0.5, 0.6) is 0 Å². The van der Waals surface area contributed by atoms with Gasteiger partial charge in [-0.25, -0.2) is 0 Å². The molecule has 2 aliphatic rings. The van der Waals surface area contributed by atoms with Crippen LogP contribution in [0.2, 0.25) is 5.02 Å². The number of carbonyl (C=O) groups is 3. The van der Waals surface area contributed by atoms with Gasteiger partial charge in [0.2, 0.25) is 17.7 Å². The van der Waals surface area contributed by atoms with Gasteiger partial charge in [-0.3, -0.25) is 24.2 Å². The highest BCUT2D eigenvalue weighted by Gasteiger charge is 2.34. The third kappa shape index (κ3) is 8.10. The van der Waals surface area contributed by atoms with Crippen molar-refractivity contribution in [1.29, 1.82) is 0 Å². The first-order valence-electron chi connectivity index (χ1n) is 15.1. The summed E-state index contributed by atoms with van der Waals surface area (Å²) in [5, 5.41) is 6.49. The number of amides is 3. The molecule has 0 aliphatic carbocycles. The average molecular weight is 597 g/mol. The highest BCUT2D eigenvalue weighted by molar-refractivity contribution is 6.31. The summed E-state index contributed by atoms with van der Waals surface area (Å²) in [4.78, 5) is 46.4. The van der Waals surface area contributed by atoms with Gasteiger partial charge in [0.15, 0.2) is 0 Å². The Morgan fingerprint density at radius 2 is 1.88 bits per heavy atom. The third-order valence-corrected chi connectivity index (χ3v) is 9.02. The number of halogens is 1. The lowest BCUT2D eigenvalue weighted by Crippen LogP contribution is -2.55. The van der Waals surface area contributed by atoms with Gasteiger partial charge in [0.1, 0.15) is 6.04 Å². The quantitative estimate of drug-likeness (QED) is 0.367. The van der Waals surface area contributed by atoms with Crippen molar-refractivity contribution in [2.45, 2.75) is 70.6 Å². The monoisotopic (exact) mass is 596 g/mol. The van der Waals surface area contributed by atoms with Crippen molar-refractivity contribution in [3.63, 3.8) is 0 Å². The molecule has 3 atom stereocenters. The zero-order valence-electron chi connectivity index (χ0n) is 25.1. The third-order valence-electron chi connectivity index (χ3n) is 8.60. The lowest BCUT2D eigenvalue weighted by atomic mass is 9.93. The largest absolute Gasteiger partial charge is 0.343 e. The molecular weight excluding hydrogens is 552 g/mol. The van der Waals surface area contributed by atoms with Crippen molar-refractivity contribution < 1.29 is 14.4 Å². The second kappa shape index (κ2) is 15.0. The van der Waals surface area contributed by atoms with Crippen molar-refractivity contribution in [3.05, 3.63) is 64.2 Å². The topological polar surface area (TPSA) is 111 Å². The van der Waals surface area contributed by atoms with Gasteiger partial charge in [-0.2, -0.15) is 0 Å². The molecule has 2 aliphatic heterocycles. The van der Waals surface area contributed by atoms with Crippen LogP contribution in [0, 0.1) is 6.92 Å². The van der Waals surface area contributed by atoms with Gasteiger partial charge in [-0.1, -0.05) is 42.8 Å². The number of likely N-dealkylation sites (N-methyl/N-ethyl adjacent to an activating group) is 1. The number of aryl methyl sites for hydroxylation is 1. The fourth-order valence-corrected chi connectivity index (χ4v) is 6.05. The SMILES string of the molecule is CC[C@@H]1CN(C(=O)CCCN2Cc3ccccc3C[C@H]2C(=O)N[C@@H](CCN)C(=O)Nc2ccc(Cl)c(C)c2)CCN1C. The number of hydrogen-bond donors (Lipinski definition) is 3. The molecule has 9 nitrogen and oxygen atoms in total. The number of carbonyl (C=O) groups excluding carboxylic acids is 3. The van der Waals surface area contributed by atoms with Gasteiger partial charge in [0, 0.05) is 49.4 Å². The number of anilines is 1. The van der Waals surface area contributed by atoms with E-state index in [1.54, 1.807) is 18.2 Å². The van der Waals surface area contributed by atoms with Crippen molar-refractivity contribution in [3.8, 4) is 0 Å². The standard InChI is InChI=1S/C32H45ClN6O3/c1-4-26-21-39(17-16-37(26)3)30(40)10-7-15-38-20-24-9-6-5-8-23(24)19-29(38)32(42)36-28(13-14-34)31(41)35-25-11-12-27(33)22(2)18-25/h5-6,8-9,11-12,18,26,28-29H,4,7,10,13-17,19-21,34H2,1-3H3,(H,35,41)(H,36,42)/t26-,28+,29+/m1/s1. The molecule has 0 saturated carbocycles. The number of hydrogen-bond acceptors (Lipinski definition) is 6. The molecule has 3 amide bonds. The number of rotatable bonds is 11. The molecule has 1 saturated heterocycles. The van der Waals surface area contributed by atoms with Crippen LogP contribution in [0.3, 0.4) is 0 Å². The minimum absolute atomic E-state index is 0.178. The van der Waals surface area contributed by atoms with Crippen LogP contribution >= 0.6 is 11.6 Å². The zero-order valence-corrected chi connectivity index (χ0v) is 25.8. The summed E-state index contributed by atoms with van der Waals surface area (Å²) in [6.07, 6.45) is 2.99. The minimum Gasteiger partial charge on any atom is -0.343 e. The molecule has 42 heavy (non-hydrogen) atoms. The lowest BCUT2D eigenvalue weighted by molar-refractivity contribution is -0.134. The molecule has 0 aromatic heterocycles. The van der Waals surface area contributed by atoms with E-state index < -0.39 is 12.1 Å². The first kappa shape index (κ1) is 31.9. The Morgan fingerprint density at radius 1 is 1.12 bits per heavy atom. The van der Waals surface area contributed by atoms with E-state index in [2.05, 4.69) is 46.5 Å². The minimum atomic E-state index is -0.775. The van der Waals surface area contributed by atoms with E-state index in [1.807, 2.05) is 24.0 Å². The maximum Gasteiger partial charge on any atom is 0.246 e. The van der Waals surface area contributed by atoms with Gasteiger partial charge in [-0.15, -0.1) is 0 Å². The second-order valence-corrected chi connectivity index (χ2v) is 11.9. The van der Waals surface area contributed by atoms with E-state index in [0.717, 1.165) is 37.2 Å². The summed E-state index contributed by atoms with van der Waals surface area (Å²) >= 11 is 6.13. The molecule has 228 valence electrons. The summed E-state index contributed by atoms with van der Waals surface area (Å²) in [5.41, 5.74) is 9.61. The molecular formula is C32H45ClN6O3. The van der Waals surface area contributed by atoms with Crippen LogP contribution in [0.15, 0.2) is 42.5 Å². The van der Waals surface area contributed by atoms with Crippen molar-refractivity contribution in [2.75, 3.05) is 45.1 Å². The average Bonchev–Trinajstić information content (AvgIpc) is 2.98. The summed E-state index contributed by atoms with van der Waals surface area (Å²) in [6.45, 7) is 7.94. The van der Waals surface area contributed by atoms with Gasteiger partial charge in [-0.05, 0) is 87.6 Å². The Balaban J connectivity index is 1.40. The molecule has 1 fully saturated rings. The van der Waals surface area contributed by atoms with Crippen molar-refractivity contribution >= 4 is 35.0 Å². The normalized spacial score (nSPS) is 20.1. The number of nitrogens with one attached hydrogen (secondary N) is 2. The fraction of sp³-hybridized carbons (Fsp3) is 0.531. The van der Waals surface area contributed by atoms with E-state index in [-0.39, 0.29) is 24.3 Å². The number of fused-ring (bicyclic) bond motifs is 1. The first-order valence-corrected chi connectivity index (χ1v) is 15.4. The molecule has 10 heteroatoms. The van der Waals surface area contributed by atoms with Crippen molar-refractivity contribution in [2.24, 2.45) is 5.73 Å². The molecule has 0 unspecified atom stereocenters. The number of nitrogens with zero attached hydrogens (tertiary/aromatic N) is 3. The summed E-state index contributed by atoms with van der Waals surface area (Å²) < 4.78 is 0. The van der Waals surface area contributed by atoms with Gasteiger partial charge < -0.3 is 21.3 Å². The summed E-state index contributed by atoms with van der Waals surface area (Å²) in [5.74, 6) is -0.347. The molecule has 4 N–H and O–H groups in total. The predicted octanol–water partition coefficient (Wildman–Crippen LogP) is 3.18. The Labute approximate surface area is 254 Å². The van der Waals surface area contributed by atoms with E-state index in [0.29, 0.717) is 55.5 Å². The van der Waals surface area contributed by atoms with Gasteiger partial charge in [0.05, 0.1) is 6.04 Å². The number of piperazine rings is 1. The Bertz CT molecular complexity index is 1260. The lowest BCUT2D eigenvalue weighted by Gasteiger charge is -2.39. The van der Waals surface area contributed by atoms with Gasteiger partial charge in [0.25, 0.3) is 0 Å². The molecule has 2 aromatic carbocycles. The first-order chi connectivity index (χ1) is 20.2. The Morgan fingerprint density at radius 3 is 2.60 bits per heavy atom. The van der Waals surface area contributed by atoms with Gasteiger partial charge >= 0.3 is 0 Å². The van der Waals surface area contributed by atoms with E-state index >= 15 is 0 Å². The Kier molecular flexibility index (Phi) is 11.4.